The van der Waals surface area contributed by atoms with Crippen LogP contribution in [0, 0.1) is 27.7 Å². The Kier molecular flexibility index (Phi) is 4.89. The van der Waals surface area contributed by atoms with Gasteiger partial charge in [-0.05, 0) is 85.4 Å². The first-order valence-electron chi connectivity index (χ1n) is 10.1. The topological polar surface area (TPSA) is 48.4 Å². The predicted octanol–water partition coefficient (Wildman–Crippen LogP) is 6.13. The van der Waals surface area contributed by atoms with Gasteiger partial charge in [0.1, 0.15) is 0 Å². The van der Waals surface area contributed by atoms with Gasteiger partial charge in [-0.2, -0.15) is 10.0 Å². The molecule has 0 aromatic heterocycles. The molecule has 0 aliphatic carbocycles. The molecule has 0 saturated heterocycles. The molecule has 5 rings (SSSR count). The highest BCUT2D eigenvalue weighted by Crippen LogP contribution is 2.44. The van der Waals surface area contributed by atoms with Gasteiger partial charge in [-0.1, -0.05) is 41.4 Å². The van der Waals surface area contributed by atoms with Gasteiger partial charge in [0.2, 0.25) is 5.84 Å². The first-order valence-corrected chi connectivity index (χ1v) is 10.9. The van der Waals surface area contributed by atoms with Gasteiger partial charge < -0.3 is 0 Å². The van der Waals surface area contributed by atoms with Crippen LogP contribution >= 0.6 is 23.2 Å². The number of benzene rings is 3. The van der Waals surface area contributed by atoms with E-state index in [1.54, 1.807) is 29.3 Å². The van der Waals surface area contributed by atoms with E-state index in [1.165, 1.54) is 10.3 Å². The van der Waals surface area contributed by atoms with Gasteiger partial charge >= 0.3 is 0 Å². The average Bonchev–Trinajstić information content (AvgIpc) is 3.34. The number of rotatable bonds is 2. The maximum absolute atomic E-state index is 13.5. The van der Waals surface area contributed by atoms with Crippen molar-refractivity contribution < 1.29 is 9.73 Å². The normalized spacial score (nSPS) is 14.9. The highest BCUT2D eigenvalue weighted by atomic mass is 35.5. The molecule has 8 heteroatoms. The van der Waals surface area contributed by atoms with Crippen molar-refractivity contribution in [2.45, 2.75) is 27.7 Å². The summed E-state index contributed by atoms with van der Waals surface area (Å²) in [5.74, 6) is 0.313. The maximum Gasteiger partial charge on any atom is 0.277 e. The minimum atomic E-state index is -0.282. The molecule has 0 N–H and O–H groups in total. The van der Waals surface area contributed by atoms with Crippen molar-refractivity contribution in [3.63, 3.8) is 0 Å². The molecule has 6 nitrogen and oxygen atoms in total. The van der Waals surface area contributed by atoms with Crippen LogP contribution in [0.2, 0.25) is 10.0 Å². The van der Waals surface area contributed by atoms with Crippen LogP contribution < -0.4 is 10.0 Å². The minimum absolute atomic E-state index is 0.282. The van der Waals surface area contributed by atoms with E-state index in [0.29, 0.717) is 22.1 Å². The maximum atomic E-state index is 13.5. The summed E-state index contributed by atoms with van der Waals surface area (Å²) in [6.45, 7) is 8.03. The number of anilines is 2. The van der Waals surface area contributed by atoms with E-state index < -0.39 is 0 Å². The predicted molar refractivity (Wildman–Crippen MR) is 127 cm³/mol. The van der Waals surface area contributed by atoms with Crippen LogP contribution in [0.1, 0.15) is 38.2 Å². The Balaban J connectivity index is 1.64. The second kappa shape index (κ2) is 7.52. The lowest BCUT2D eigenvalue weighted by molar-refractivity contribution is -0.135. The quantitative estimate of drug-likeness (QED) is 0.455. The lowest BCUT2D eigenvalue weighted by Crippen LogP contribution is -2.49. The summed E-state index contributed by atoms with van der Waals surface area (Å²) in [5.41, 5.74) is 6.84. The Morgan fingerprint density at radius 1 is 0.875 bits per heavy atom. The van der Waals surface area contributed by atoms with E-state index in [1.807, 2.05) is 52.0 Å². The van der Waals surface area contributed by atoms with Crippen molar-refractivity contribution in [3.05, 3.63) is 92.0 Å². The van der Waals surface area contributed by atoms with Gasteiger partial charge in [0, 0.05) is 21.2 Å². The molecule has 0 bridgehead atoms. The average molecular weight is 467 g/mol. The zero-order valence-corrected chi connectivity index (χ0v) is 19.5. The summed E-state index contributed by atoms with van der Waals surface area (Å²) in [6, 6.07) is 14.4. The number of carbonyl (C=O) groups is 1. The molecule has 2 aliphatic heterocycles. The molecule has 1 amide bonds. The molecule has 0 saturated carbocycles. The molecule has 2 heterocycles. The van der Waals surface area contributed by atoms with Gasteiger partial charge in [0.25, 0.3) is 5.91 Å². The Morgan fingerprint density at radius 2 is 1.53 bits per heavy atom. The lowest BCUT2D eigenvalue weighted by Gasteiger charge is -2.25. The van der Waals surface area contributed by atoms with E-state index in [2.05, 4.69) is 5.16 Å². The standard InChI is InChI=1S/C24H20Cl2N4O2/c1-13-15(3)22(26)16(4)14(2)21(13)23-27-32-30-28(23)19-10-5-6-11-20(19)29(30)24(31)17-8-7-9-18(25)12-17/h5-12H,1-4H3. The number of oxime groups is 1. The van der Waals surface area contributed by atoms with Crippen molar-refractivity contribution in [1.82, 2.24) is 5.28 Å². The number of nitrogens with zero attached hydrogens (tertiary/aromatic N) is 4. The SMILES string of the molecule is Cc1c(C)c(C2=NON3N(C(=O)c4cccc(Cl)c4)c4ccccc4N23)c(C)c(C)c1Cl. The van der Waals surface area contributed by atoms with Crippen LogP contribution in [0.15, 0.2) is 53.7 Å². The van der Waals surface area contributed by atoms with E-state index in [4.69, 9.17) is 28.1 Å². The summed E-state index contributed by atoms with van der Waals surface area (Å²) in [7, 11) is 0. The zero-order chi connectivity index (χ0) is 22.7. The molecule has 0 spiro atoms. The third-order valence-electron chi connectivity index (χ3n) is 6.10. The Bertz CT molecular complexity index is 1290. The van der Waals surface area contributed by atoms with Crippen LogP contribution in [0.3, 0.4) is 0 Å². The number of para-hydroxylation sites is 2. The summed E-state index contributed by atoms with van der Waals surface area (Å²) in [6.07, 6.45) is 0. The molecular formula is C24H20Cl2N4O2. The summed E-state index contributed by atoms with van der Waals surface area (Å²) in [4.78, 5) is 19.2. The van der Waals surface area contributed by atoms with Gasteiger partial charge in [-0.25, -0.2) is 0 Å². The number of hydrazine groups is 2. The molecule has 0 atom stereocenters. The fraction of sp³-hybridized carbons (Fsp3) is 0.167. The van der Waals surface area contributed by atoms with E-state index in [9.17, 15) is 4.79 Å². The number of fused-ring (bicyclic) bond motifs is 3. The van der Waals surface area contributed by atoms with Crippen LogP contribution in [0.4, 0.5) is 11.4 Å². The fourth-order valence-electron chi connectivity index (χ4n) is 4.16. The number of hydrogen-bond acceptors (Lipinski definition) is 5. The smallest absolute Gasteiger partial charge is 0.267 e. The molecule has 0 fully saturated rings. The van der Waals surface area contributed by atoms with Crippen molar-refractivity contribution >= 4 is 46.3 Å². The van der Waals surface area contributed by atoms with Crippen LogP contribution in [-0.4, -0.2) is 17.0 Å². The third kappa shape index (κ3) is 2.91. The Labute approximate surface area is 196 Å². The van der Waals surface area contributed by atoms with Crippen molar-refractivity contribution in [3.8, 4) is 0 Å². The molecule has 32 heavy (non-hydrogen) atoms. The monoisotopic (exact) mass is 466 g/mol. The minimum Gasteiger partial charge on any atom is -0.267 e. The first kappa shape index (κ1) is 20.8. The van der Waals surface area contributed by atoms with Crippen molar-refractivity contribution in [2.75, 3.05) is 10.0 Å². The number of amidine groups is 1. The second-order valence-electron chi connectivity index (χ2n) is 7.87. The number of amides is 1. The number of carbonyl (C=O) groups excluding carboxylic acids is 1. The molecule has 3 aromatic carbocycles. The molecule has 3 aromatic rings. The summed E-state index contributed by atoms with van der Waals surface area (Å²) in [5, 5.41) is 10.2. The molecular weight excluding hydrogens is 447 g/mol. The van der Waals surface area contributed by atoms with Gasteiger partial charge in [-0.15, -0.1) is 0 Å². The van der Waals surface area contributed by atoms with Crippen molar-refractivity contribution in [1.29, 1.82) is 0 Å². The van der Waals surface area contributed by atoms with Crippen LogP contribution in [0.25, 0.3) is 0 Å². The largest absolute Gasteiger partial charge is 0.277 e. The van der Waals surface area contributed by atoms with E-state index in [0.717, 1.165) is 38.5 Å². The molecule has 162 valence electrons. The lowest BCUT2D eigenvalue weighted by atomic mass is 9.93. The highest BCUT2D eigenvalue weighted by Gasteiger charge is 2.47. The molecule has 0 radical (unpaired) electrons. The third-order valence-corrected chi connectivity index (χ3v) is 6.90. The van der Waals surface area contributed by atoms with Crippen LogP contribution in [-0.2, 0) is 4.94 Å². The number of hydrogen-bond donors (Lipinski definition) is 0. The first-order chi connectivity index (χ1) is 15.3. The Morgan fingerprint density at radius 3 is 2.19 bits per heavy atom. The fourth-order valence-corrected chi connectivity index (χ4v) is 4.64. The number of halogens is 2. The van der Waals surface area contributed by atoms with Gasteiger partial charge in [0.15, 0.2) is 0 Å². The molecule has 2 aliphatic rings. The second-order valence-corrected chi connectivity index (χ2v) is 8.68. The summed E-state index contributed by atoms with van der Waals surface area (Å²) < 4.78 is 0. The summed E-state index contributed by atoms with van der Waals surface area (Å²) >= 11 is 12.7. The van der Waals surface area contributed by atoms with E-state index in [-0.39, 0.29) is 5.91 Å². The van der Waals surface area contributed by atoms with Gasteiger partial charge in [0.05, 0.1) is 16.7 Å². The zero-order valence-electron chi connectivity index (χ0n) is 18.0. The highest BCUT2D eigenvalue weighted by molar-refractivity contribution is 6.33. The van der Waals surface area contributed by atoms with Gasteiger partial charge in [-0.3, -0.25) is 9.73 Å². The van der Waals surface area contributed by atoms with Crippen molar-refractivity contribution in [2.24, 2.45) is 5.16 Å². The molecule has 0 unspecified atom stereocenters. The van der Waals surface area contributed by atoms with Crippen LogP contribution in [0.5, 0.6) is 0 Å². The Hall–Kier alpha value is -3.06. The van der Waals surface area contributed by atoms with E-state index >= 15 is 0 Å².